The van der Waals surface area contributed by atoms with Crippen molar-refractivity contribution in [3.05, 3.63) is 69.1 Å². The Morgan fingerprint density at radius 1 is 0.875 bits per heavy atom. The number of amides is 1. The zero-order valence-corrected chi connectivity index (χ0v) is 30.5. The third kappa shape index (κ3) is 4.76. The Morgan fingerprint density at radius 3 is 2.27 bits per heavy atom. The van der Waals surface area contributed by atoms with Gasteiger partial charge in [0.05, 0.1) is 35.2 Å². The Bertz CT molecular complexity index is 1780. The third-order valence-electron chi connectivity index (χ3n) is 14.5. The molecule has 7 nitrogen and oxygen atoms in total. The van der Waals surface area contributed by atoms with Gasteiger partial charge in [0.1, 0.15) is 0 Å². The van der Waals surface area contributed by atoms with Crippen LogP contribution in [0.1, 0.15) is 122 Å². The van der Waals surface area contributed by atoms with E-state index in [1.165, 1.54) is 5.57 Å². The van der Waals surface area contributed by atoms with Crippen molar-refractivity contribution in [1.29, 1.82) is 0 Å². The number of fused-ring (bicyclic) bond motifs is 7. The minimum absolute atomic E-state index is 0.0101. The number of allylic oxidation sites excluding steroid dienone is 7. The summed E-state index contributed by atoms with van der Waals surface area (Å²) in [7, 11) is 0. The predicted molar refractivity (Wildman–Crippen MR) is 185 cm³/mol. The highest BCUT2D eigenvalue weighted by Gasteiger charge is 2.67. The zero-order chi connectivity index (χ0) is 34.6. The first-order valence-electron chi connectivity index (χ1n) is 18.2. The molecule has 6 aliphatic rings. The molecule has 4 fully saturated rings. The molecule has 0 radical (unpaired) electrons. The fourth-order valence-corrected chi connectivity index (χ4v) is 10.6. The first-order valence-corrected chi connectivity index (χ1v) is 18.2. The molecule has 0 spiro atoms. The van der Waals surface area contributed by atoms with Gasteiger partial charge < -0.3 is 10.1 Å². The van der Waals surface area contributed by atoms with Gasteiger partial charge in [-0.1, -0.05) is 52.3 Å². The molecule has 0 unspecified atom stereocenters. The fourth-order valence-electron chi connectivity index (χ4n) is 10.6. The summed E-state index contributed by atoms with van der Waals surface area (Å²) < 4.78 is 5.69. The van der Waals surface area contributed by atoms with Crippen LogP contribution in [0, 0.1) is 59.7 Å². The molecule has 1 aromatic rings. The quantitative estimate of drug-likeness (QED) is 0.324. The van der Waals surface area contributed by atoms with Gasteiger partial charge in [-0.25, -0.2) is 0 Å². The topological polar surface area (TPSA) is 98.2 Å². The minimum atomic E-state index is -0.462. The van der Waals surface area contributed by atoms with Gasteiger partial charge in [0, 0.05) is 16.4 Å². The Kier molecular flexibility index (Phi) is 7.48. The maximum atomic E-state index is 14.1. The van der Waals surface area contributed by atoms with Crippen LogP contribution in [0.5, 0.6) is 0 Å². The average molecular weight is 652 g/mol. The monoisotopic (exact) mass is 651 g/mol. The van der Waals surface area contributed by atoms with E-state index in [4.69, 9.17) is 9.72 Å². The van der Waals surface area contributed by atoms with Crippen LogP contribution in [0.3, 0.4) is 0 Å². The van der Waals surface area contributed by atoms with Gasteiger partial charge in [-0.2, -0.15) is 0 Å². The van der Waals surface area contributed by atoms with Crippen molar-refractivity contribution in [1.82, 2.24) is 15.3 Å². The molecule has 256 valence electrons. The second kappa shape index (κ2) is 10.8. The van der Waals surface area contributed by atoms with E-state index < -0.39 is 5.41 Å². The van der Waals surface area contributed by atoms with E-state index in [0.717, 1.165) is 97.3 Å². The normalized spacial score (nSPS) is 37.2. The van der Waals surface area contributed by atoms with Crippen molar-refractivity contribution in [2.75, 3.05) is 0 Å². The maximum Gasteiger partial charge on any atom is 0.314 e. The number of esters is 1. The zero-order valence-electron chi connectivity index (χ0n) is 30.5. The number of aryl methyl sites for hydroxylation is 3. The van der Waals surface area contributed by atoms with Crippen LogP contribution in [0.15, 0.2) is 46.3 Å². The summed E-state index contributed by atoms with van der Waals surface area (Å²) in [5.74, 6) is 0.163. The van der Waals surface area contributed by atoms with Crippen molar-refractivity contribution >= 4 is 17.7 Å². The molecule has 6 atom stereocenters. The highest BCUT2D eigenvalue weighted by Crippen LogP contribution is 2.75. The molecule has 0 bridgehead atoms. The first-order chi connectivity index (χ1) is 22.5. The van der Waals surface area contributed by atoms with Gasteiger partial charge in [-0.3, -0.25) is 24.4 Å². The summed E-state index contributed by atoms with van der Waals surface area (Å²) in [6.45, 7) is 20.2. The van der Waals surface area contributed by atoms with Crippen LogP contribution in [-0.4, -0.2) is 27.6 Å². The summed E-state index contributed by atoms with van der Waals surface area (Å²) >= 11 is 0. The summed E-state index contributed by atoms with van der Waals surface area (Å²) in [6.07, 6.45) is 14.9. The fraction of sp³-hybridized carbons (Fsp3) is 0.634. The van der Waals surface area contributed by atoms with Gasteiger partial charge in [-0.05, 0) is 125 Å². The lowest BCUT2D eigenvalue weighted by molar-refractivity contribution is -0.169. The number of carbonyl (C=O) groups excluding carboxylic acids is 3. The predicted octanol–water partition coefficient (Wildman–Crippen LogP) is 8.04. The number of carbonyl (C=O) groups is 3. The van der Waals surface area contributed by atoms with Gasteiger partial charge in [0.25, 0.3) is 0 Å². The van der Waals surface area contributed by atoms with Crippen molar-refractivity contribution in [3.8, 4) is 0 Å². The molecule has 1 aromatic heterocycles. The largest absolute Gasteiger partial charge is 0.422 e. The summed E-state index contributed by atoms with van der Waals surface area (Å²) in [6, 6.07) is 0. The van der Waals surface area contributed by atoms with Crippen molar-refractivity contribution < 1.29 is 19.1 Å². The van der Waals surface area contributed by atoms with Crippen molar-refractivity contribution in [3.63, 3.8) is 0 Å². The molecule has 7 rings (SSSR count). The molecule has 1 heterocycles. The van der Waals surface area contributed by atoms with E-state index in [0.29, 0.717) is 12.5 Å². The lowest BCUT2D eigenvalue weighted by Gasteiger charge is -2.70. The van der Waals surface area contributed by atoms with Crippen LogP contribution >= 0.6 is 0 Å². The Morgan fingerprint density at radius 2 is 1.56 bits per heavy atom. The molecule has 1 amide bonds. The van der Waals surface area contributed by atoms with Gasteiger partial charge in [0.15, 0.2) is 5.76 Å². The van der Waals surface area contributed by atoms with E-state index in [9.17, 15) is 14.4 Å². The van der Waals surface area contributed by atoms with Crippen LogP contribution in [0.2, 0.25) is 0 Å². The van der Waals surface area contributed by atoms with E-state index in [2.05, 4.69) is 57.1 Å². The Hall–Kier alpha value is -3.35. The van der Waals surface area contributed by atoms with E-state index in [1.54, 1.807) is 6.08 Å². The molecular weight excluding hydrogens is 598 g/mol. The van der Waals surface area contributed by atoms with Crippen LogP contribution in [0.25, 0.3) is 0 Å². The molecule has 1 N–H and O–H groups in total. The highest BCUT2D eigenvalue weighted by molar-refractivity contribution is 6.08. The van der Waals surface area contributed by atoms with Crippen molar-refractivity contribution in [2.45, 2.75) is 127 Å². The van der Waals surface area contributed by atoms with E-state index >= 15 is 0 Å². The second-order valence-corrected chi connectivity index (χ2v) is 17.4. The maximum absolute atomic E-state index is 14.1. The molecule has 48 heavy (non-hydrogen) atoms. The second-order valence-electron chi connectivity index (χ2n) is 17.4. The standard InChI is InChI=1S/C41H53N3O4/c1-23-28-12-13-32-39(7,29(28)20-31(45)34(23)48-35(46)27-10-11-27)17-19-41(9)33-21-38(6,15-14-37(33,5)16-18-40(32,41)8)36(47)42-22-30-26(4)43-24(2)25(3)44-30/h12-13,20,27,33H,10-11,14-19,21-22H2,1-9H3,(H,42,47)/t33-,37-,38-,39+,40-,41+/m1/s1. The summed E-state index contributed by atoms with van der Waals surface area (Å²) in [4.78, 5) is 49.5. The van der Waals surface area contributed by atoms with Gasteiger partial charge in [0.2, 0.25) is 11.7 Å². The number of nitrogens with zero attached hydrogens (tertiary/aromatic N) is 2. The number of ether oxygens (including phenoxy) is 1. The highest BCUT2D eigenvalue weighted by atomic mass is 16.5. The van der Waals surface area contributed by atoms with Crippen LogP contribution in [-0.2, 0) is 25.7 Å². The van der Waals surface area contributed by atoms with Crippen LogP contribution in [0.4, 0.5) is 0 Å². The first kappa shape index (κ1) is 33.2. The molecular formula is C41H53N3O4. The third-order valence-corrected chi connectivity index (χ3v) is 14.5. The Labute approximate surface area is 286 Å². The average Bonchev–Trinajstić information content (AvgIpc) is 3.89. The Balaban J connectivity index is 1.18. The molecule has 6 aliphatic carbocycles. The lowest BCUT2D eigenvalue weighted by Crippen LogP contribution is -2.62. The van der Waals surface area contributed by atoms with E-state index in [-0.39, 0.29) is 51.0 Å². The number of ketones is 1. The number of aromatic nitrogens is 2. The lowest BCUT2D eigenvalue weighted by atomic mass is 9.34. The van der Waals surface area contributed by atoms with Gasteiger partial charge in [-0.15, -0.1) is 0 Å². The van der Waals surface area contributed by atoms with Gasteiger partial charge >= 0.3 is 5.97 Å². The summed E-state index contributed by atoms with van der Waals surface area (Å²) in [5, 5.41) is 3.28. The molecule has 0 aromatic carbocycles. The summed E-state index contributed by atoms with van der Waals surface area (Å²) in [5.41, 5.74) is 7.15. The molecule has 4 saturated carbocycles. The molecule has 0 aliphatic heterocycles. The molecule has 0 saturated heterocycles. The number of rotatable bonds is 5. The van der Waals surface area contributed by atoms with Crippen LogP contribution < -0.4 is 5.32 Å². The number of hydrogen-bond acceptors (Lipinski definition) is 6. The smallest absolute Gasteiger partial charge is 0.314 e. The van der Waals surface area contributed by atoms with Crippen molar-refractivity contribution in [2.24, 2.45) is 38.9 Å². The number of hydrogen-bond donors (Lipinski definition) is 1. The molecule has 7 heteroatoms. The SMILES string of the molecule is CC1=C(OC(=O)C2CC2)C(=O)C=C2C1=CC=C1[C@@]2(C)CC[C@@]2(C)[C@@H]3C[C@](C)(C(=O)NCc4nc(C)c(C)nc4C)CC[C@]3(C)CC[C@]12C. The van der Waals surface area contributed by atoms with E-state index in [1.807, 2.05) is 27.7 Å². The number of nitrogens with one attached hydrogen (secondary N) is 1. The minimum Gasteiger partial charge on any atom is -0.422 e.